The van der Waals surface area contributed by atoms with Gasteiger partial charge in [-0.15, -0.1) is 0 Å². The third-order valence-electron chi connectivity index (χ3n) is 5.94. The molecule has 0 radical (unpaired) electrons. The zero-order valence-corrected chi connectivity index (χ0v) is 23.3. The van der Waals surface area contributed by atoms with E-state index >= 15 is 0 Å². The van der Waals surface area contributed by atoms with Gasteiger partial charge in [-0.3, -0.25) is 0 Å². The van der Waals surface area contributed by atoms with Gasteiger partial charge in [-0.25, -0.2) is 27.8 Å². The van der Waals surface area contributed by atoms with Gasteiger partial charge in [0.05, 0.1) is 21.3 Å². The van der Waals surface area contributed by atoms with E-state index in [4.69, 9.17) is 28.3 Å². The minimum absolute atomic E-state index is 0.0453. The van der Waals surface area contributed by atoms with Crippen LogP contribution in [-0.4, -0.2) is 46.4 Å². The van der Waals surface area contributed by atoms with Gasteiger partial charge in [-0.2, -0.15) is 5.10 Å². The van der Waals surface area contributed by atoms with E-state index in [1.165, 1.54) is 24.3 Å². The summed E-state index contributed by atoms with van der Waals surface area (Å²) < 4.78 is 29.2. The number of halogens is 2. The zero-order valence-electron chi connectivity index (χ0n) is 21.0. The van der Waals surface area contributed by atoms with Crippen molar-refractivity contribution in [1.82, 2.24) is 24.5 Å². The molecule has 5 aromatic rings. The van der Waals surface area contributed by atoms with E-state index in [9.17, 15) is 13.5 Å². The Balaban J connectivity index is 1.32. The highest BCUT2D eigenvalue weighted by Gasteiger charge is 2.17. The fraction of sp³-hybridized carbons (Fsp3) is 0.107. The van der Waals surface area contributed by atoms with E-state index in [2.05, 4.69) is 20.0 Å². The molecule has 204 valence electrons. The molecule has 9 nitrogen and oxygen atoms in total. The van der Waals surface area contributed by atoms with Crippen molar-refractivity contribution in [2.45, 2.75) is 11.3 Å². The van der Waals surface area contributed by atoms with Crippen LogP contribution in [0.2, 0.25) is 10.0 Å². The van der Waals surface area contributed by atoms with E-state index in [0.717, 1.165) is 11.3 Å². The maximum Gasteiger partial charge on any atom is 0.240 e. The molecular formula is C28H24Cl2N6O3S. The molecule has 2 aromatic heterocycles. The van der Waals surface area contributed by atoms with Gasteiger partial charge in [0.25, 0.3) is 0 Å². The monoisotopic (exact) mass is 594 g/mol. The van der Waals surface area contributed by atoms with Gasteiger partial charge in [-0.05, 0) is 61.0 Å². The molecule has 5 rings (SSSR count). The summed E-state index contributed by atoms with van der Waals surface area (Å²) >= 11 is 11.9. The number of anilines is 1. The third-order valence-corrected chi connectivity index (χ3v) is 7.99. The first kappa shape index (κ1) is 27.6. The number of phenolic OH excluding ortho intramolecular Hbond substituents is 1. The molecule has 0 saturated heterocycles. The number of aromatic nitrogens is 4. The predicted molar refractivity (Wildman–Crippen MR) is 156 cm³/mol. The molecule has 0 spiro atoms. The molecule has 0 aliphatic heterocycles. The van der Waals surface area contributed by atoms with Crippen LogP contribution < -0.4 is 10.0 Å². The van der Waals surface area contributed by atoms with E-state index in [1.807, 2.05) is 36.5 Å². The topological polar surface area (TPSA) is 122 Å². The number of nitrogens with zero attached hydrogens (tertiary/aromatic N) is 4. The Hall–Kier alpha value is -3.96. The summed E-state index contributed by atoms with van der Waals surface area (Å²) in [5.74, 6) is 0.339. The lowest BCUT2D eigenvalue weighted by Crippen LogP contribution is -2.26. The standard InChI is InChI=1S/C28H24Cl2N6O3S/c29-20-8-10-22(11-9-20)40(38,39)33-15-4-14-31-28-32-16-13-25(34-28)23-18-36(21-5-2-1-3-6-21)35-27(23)19-7-12-24(30)26(37)17-19/h1-3,5-13,16-18,33,37H,4,14-15H2,(H,31,32,34). The molecule has 0 aliphatic carbocycles. The average Bonchev–Trinajstić information content (AvgIpc) is 3.41. The van der Waals surface area contributed by atoms with Crippen molar-refractivity contribution in [1.29, 1.82) is 0 Å². The van der Waals surface area contributed by atoms with E-state index in [1.54, 1.807) is 35.1 Å². The molecule has 3 aromatic carbocycles. The van der Waals surface area contributed by atoms with Gasteiger partial charge < -0.3 is 10.4 Å². The quantitative estimate of drug-likeness (QED) is 0.175. The van der Waals surface area contributed by atoms with Crippen LogP contribution in [-0.2, 0) is 10.0 Å². The number of para-hydroxylation sites is 1. The smallest absolute Gasteiger partial charge is 0.240 e. The first-order valence-corrected chi connectivity index (χ1v) is 14.5. The maximum absolute atomic E-state index is 12.4. The first-order valence-electron chi connectivity index (χ1n) is 12.3. The van der Waals surface area contributed by atoms with Crippen molar-refractivity contribution >= 4 is 39.2 Å². The Bertz CT molecular complexity index is 1730. The van der Waals surface area contributed by atoms with Crippen LogP contribution in [0.4, 0.5) is 5.95 Å². The van der Waals surface area contributed by atoms with Crippen molar-refractivity contribution in [2.75, 3.05) is 18.4 Å². The minimum atomic E-state index is -3.63. The summed E-state index contributed by atoms with van der Waals surface area (Å²) in [4.78, 5) is 9.12. The average molecular weight is 596 g/mol. The zero-order chi connectivity index (χ0) is 28.1. The SMILES string of the molecule is O=S(=O)(NCCCNc1nccc(-c2cn(-c3ccccc3)nc2-c2ccc(Cl)c(O)c2)n1)c1ccc(Cl)cc1. The fourth-order valence-corrected chi connectivity index (χ4v) is 5.25. The van der Waals surface area contributed by atoms with Crippen LogP contribution in [0, 0.1) is 0 Å². The van der Waals surface area contributed by atoms with Crippen LogP contribution in [0.25, 0.3) is 28.2 Å². The molecule has 3 N–H and O–H groups in total. The maximum atomic E-state index is 12.4. The summed E-state index contributed by atoms with van der Waals surface area (Å²) in [6.07, 6.45) is 4.01. The highest BCUT2D eigenvalue weighted by molar-refractivity contribution is 7.89. The Morgan fingerprint density at radius 3 is 2.45 bits per heavy atom. The highest BCUT2D eigenvalue weighted by Crippen LogP contribution is 2.35. The molecule has 0 bridgehead atoms. The number of hydrogen-bond donors (Lipinski definition) is 3. The second-order valence-corrected chi connectivity index (χ2v) is 11.3. The molecule has 0 saturated carbocycles. The molecule has 0 aliphatic rings. The molecule has 40 heavy (non-hydrogen) atoms. The van der Waals surface area contributed by atoms with Crippen molar-refractivity contribution < 1.29 is 13.5 Å². The number of sulfonamides is 1. The lowest BCUT2D eigenvalue weighted by Gasteiger charge is -2.09. The van der Waals surface area contributed by atoms with E-state index in [0.29, 0.717) is 40.9 Å². The predicted octanol–water partition coefficient (Wildman–Crippen LogP) is 5.79. The van der Waals surface area contributed by atoms with Crippen molar-refractivity contribution in [2.24, 2.45) is 0 Å². The van der Waals surface area contributed by atoms with Gasteiger partial charge >= 0.3 is 0 Å². The van der Waals surface area contributed by atoms with Gasteiger partial charge in [-0.1, -0.05) is 47.5 Å². The van der Waals surface area contributed by atoms with Gasteiger partial charge in [0.15, 0.2) is 0 Å². The molecule has 2 heterocycles. The lowest BCUT2D eigenvalue weighted by molar-refractivity contribution is 0.476. The molecule has 0 atom stereocenters. The molecule has 12 heteroatoms. The number of aromatic hydroxyl groups is 1. The van der Waals surface area contributed by atoms with Crippen LogP contribution in [0.15, 0.2) is 96.2 Å². The fourth-order valence-electron chi connectivity index (χ4n) is 3.93. The molecule has 0 unspecified atom stereocenters. The summed E-state index contributed by atoms with van der Waals surface area (Å²) in [6, 6.07) is 22.4. The normalized spacial score (nSPS) is 11.4. The Morgan fingerprint density at radius 1 is 0.925 bits per heavy atom. The van der Waals surface area contributed by atoms with Gasteiger partial charge in [0.2, 0.25) is 16.0 Å². The lowest BCUT2D eigenvalue weighted by atomic mass is 10.1. The summed E-state index contributed by atoms with van der Waals surface area (Å²) in [6.45, 7) is 0.666. The number of rotatable bonds is 10. The first-order chi connectivity index (χ1) is 19.3. The van der Waals surface area contributed by atoms with Crippen molar-refractivity contribution in [3.63, 3.8) is 0 Å². The number of phenols is 1. The summed E-state index contributed by atoms with van der Waals surface area (Å²) in [7, 11) is -3.63. The minimum Gasteiger partial charge on any atom is -0.506 e. The summed E-state index contributed by atoms with van der Waals surface area (Å²) in [5.41, 5.74) is 3.49. The number of benzene rings is 3. The largest absolute Gasteiger partial charge is 0.506 e. The number of nitrogens with one attached hydrogen (secondary N) is 2. The van der Waals surface area contributed by atoms with Crippen molar-refractivity contribution in [3.05, 3.63) is 101 Å². The second-order valence-electron chi connectivity index (χ2n) is 8.74. The van der Waals surface area contributed by atoms with Crippen LogP contribution >= 0.6 is 23.2 Å². The van der Waals surface area contributed by atoms with Gasteiger partial charge in [0.1, 0.15) is 11.4 Å². The molecule has 0 fully saturated rings. The van der Waals surface area contributed by atoms with Gasteiger partial charge in [0, 0.05) is 41.6 Å². The van der Waals surface area contributed by atoms with Crippen LogP contribution in [0.5, 0.6) is 5.75 Å². The molecule has 0 amide bonds. The Kier molecular flexibility index (Phi) is 8.32. The highest BCUT2D eigenvalue weighted by atomic mass is 35.5. The second kappa shape index (κ2) is 12.1. The van der Waals surface area contributed by atoms with E-state index < -0.39 is 10.0 Å². The van der Waals surface area contributed by atoms with Crippen molar-refractivity contribution in [3.8, 4) is 34.0 Å². The third kappa shape index (κ3) is 6.43. The summed E-state index contributed by atoms with van der Waals surface area (Å²) in [5, 5.41) is 18.8. The number of hydrogen-bond acceptors (Lipinski definition) is 7. The van der Waals surface area contributed by atoms with Crippen LogP contribution in [0.3, 0.4) is 0 Å². The molecular weight excluding hydrogens is 571 g/mol. The Labute approximate surface area is 241 Å². The Morgan fingerprint density at radius 2 is 1.70 bits per heavy atom. The van der Waals surface area contributed by atoms with E-state index in [-0.39, 0.29) is 22.2 Å². The van der Waals surface area contributed by atoms with Crippen LogP contribution in [0.1, 0.15) is 6.42 Å².